The van der Waals surface area contributed by atoms with Crippen molar-refractivity contribution >= 4 is 17.3 Å². The Balaban J connectivity index is 1.50. The lowest BCUT2D eigenvalue weighted by Crippen LogP contribution is -2.33. The minimum Gasteiger partial charge on any atom is -0.456 e. The molecule has 5 heteroatoms. The molecule has 1 N–H and O–H groups in total. The van der Waals surface area contributed by atoms with Gasteiger partial charge in [0.2, 0.25) is 0 Å². The summed E-state index contributed by atoms with van der Waals surface area (Å²) in [5, 5.41) is 3.67. The van der Waals surface area contributed by atoms with E-state index in [2.05, 4.69) is 68.2 Å². The van der Waals surface area contributed by atoms with Crippen LogP contribution in [0.15, 0.2) is 54.6 Å². The Morgan fingerprint density at radius 2 is 1.51 bits per heavy atom. The molecule has 2 aliphatic heterocycles. The van der Waals surface area contributed by atoms with Crippen LogP contribution in [0.3, 0.4) is 0 Å². The smallest absolute Gasteiger partial charge is 0.340 e. The average molecular weight is 527 g/mol. The Labute approximate surface area is 233 Å². The minimum atomic E-state index is -1.04. The second kappa shape index (κ2) is 11.7. The normalized spacial score (nSPS) is 16.8. The van der Waals surface area contributed by atoms with E-state index in [0.717, 1.165) is 71.2 Å². The van der Waals surface area contributed by atoms with Gasteiger partial charge in [-0.3, -0.25) is 0 Å². The monoisotopic (exact) mass is 526 g/mol. The van der Waals surface area contributed by atoms with Crippen LogP contribution in [0.2, 0.25) is 0 Å². The molecule has 2 heterocycles. The van der Waals surface area contributed by atoms with Crippen LogP contribution in [-0.2, 0) is 10.3 Å². The molecule has 0 bridgehead atoms. The summed E-state index contributed by atoms with van der Waals surface area (Å²) in [5.74, 6) is 1.18. The number of benzene rings is 3. The molecule has 0 amide bonds. The molecule has 0 saturated heterocycles. The number of fused-ring (bicyclic) bond motifs is 6. The SMILES string of the molecule is CCCCCCCCCNc1cc2c(cc1C)Oc1cc(N(CC)CC)ccc1C21OC(=O)c2ccccc21. The molecule has 5 rings (SSSR count). The number of carbonyl (C=O) groups excluding carboxylic acids is 1. The van der Waals surface area contributed by atoms with Gasteiger partial charge in [0.25, 0.3) is 0 Å². The van der Waals surface area contributed by atoms with Crippen molar-refractivity contribution < 1.29 is 14.3 Å². The molecule has 1 atom stereocenters. The van der Waals surface area contributed by atoms with Crippen molar-refractivity contribution in [2.24, 2.45) is 0 Å². The van der Waals surface area contributed by atoms with E-state index in [1.165, 1.54) is 38.5 Å². The van der Waals surface area contributed by atoms with Crippen molar-refractivity contribution in [1.82, 2.24) is 0 Å². The number of anilines is 2. The van der Waals surface area contributed by atoms with Crippen LogP contribution in [0.25, 0.3) is 0 Å². The summed E-state index contributed by atoms with van der Waals surface area (Å²) >= 11 is 0. The Morgan fingerprint density at radius 3 is 2.28 bits per heavy atom. The summed E-state index contributed by atoms with van der Waals surface area (Å²) in [6, 6.07) is 18.3. The molecule has 2 aliphatic rings. The molecule has 0 radical (unpaired) electrons. The van der Waals surface area contributed by atoms with Gasteiger partial charge in [-0.25, -0.2) is 4.79 Å². The molecular formula is C34H42N2O3. The van der Waals surface area contributed by atoms with E-state index in [9.17, 15) is 4.79 Å². The summed E-state index contributed by atoms with van der Waals surface area (Å²) in [4.78, 5) is 15.5. The third kappa shape index (κ3) is 4.99. The van der Waals surface area contributed by atoms with E-state index in [1.807, 2.05) is 24.3 Å². The van der Waals surface area contributed by atoms with Crippen LogP contribution in [0.5, 0.6) is 11.5 Å². The summed E-state index contributed by atoms with van der Waals surface area (Å²) in [6.45, 7) is 11.4. The molecule has 0 aliphatic carbocycles. The third-order valence-corrected chi connectivity index (χ3v) is 8.27. The lowest BCUT2D eigenvalue weighted by Gasteiger charge is -2.37. The van der Waals surface area contributed by atoms with Crippen LogP contribution in [0.4, 0.5) is 11.4 Å². The molecule has 39 heavy (non-hydrogen) atoms. The van der Waals surface area contributed by atoms with Crippen molar-refractivity contribution in [2.75, 3.05) is 29.9 Å². The fourth-order valence-electron chi connectivity index (χ4n) is 6.09. The highest BCUT2D eigenvalue weighted by Crippen LogP contribution is 2.57. The molecule has 5 nitrogen and oxygen atoms in total. The summed E-state index contributed by atoms with van der Waals surface area (Å²) in [6.07, 6.45) is 8.95. The first-order valence-corrected chi connectivity index (χ1v) is 14.8. The van der Waals surface area contributed by atoms with Crippen LogP contribution >= 0.6 is 0 Å². The molecule has 0 saturated carbocycles. The number of ether oxygens (including phenoxy) is 2. The van der Waals surface area contributed by atoms with Crippen molar-refractivity contribution in [3.63, 3.8) is 0 Å². The molecule has 206 valence electrons. The second-order valence-electron chi connectivity index (χ2n) is 10.8. The first kappa shape index (κ1) is 27.1. The van der Waals surface area contributed by atoms with Crippen molar-refractivity contribution in [1.29, 1.82) is 0 Å². The first-order valence-electron chi connectivity index (χ1n) is 14.8. The van der Waals surface area contributed by atoms with Crippen LogP contribution in [0.1, 0.15) is 98.3 Å². The van der Waals surface area contributed by atoms with E-state index in [0.29, 0.717) is 5.56 Å². The van der Waals surface area contributed by atoms with Gasteiger partial charge in [0, 0.05) is 53.8 Å². The second-order valence-corrected chi connectivity index (χ2v) is 10.8. The van der Waals surface area contributed by atoms with Crippen molar-refractivity contribution in [3.05, 3.63) is 82.4 Å². The van der Waals surface area contributed by atoms with Crippen LogP contribution in [0, 0.1) is 6.92 Å². The zero-order valence-electron chi connectivity index (χ0n) is 23.9. The topological polar surface area (TPSA) is 50.8 Å². The number of unbranched alkanes of at least 4 members (excludes halogenated alkanes) is 6. The number of hydrogen-bond acceptors (Lipinski definition) is 5. The van der Waals surface area contributed by atoms with Gasteiger partial charge in [0.15, 0.2) is 5.60 Å². The number of aryl methyl sites for hydroxylation is 1. The fraction of sp³-hybridized carbons (Fsp3) is 0.441. The highest BCUT2D eigenvalue weighted by Gasteiger charge is 2.53. The van der Waals surface area contributed by atoms with Crippen LogP contribution in [-0.4, -0.2) is 25.6 Å². The molecule has 1 unspecified atom stereocenters. The van der Waals surface area contributed by atoms with Gasteiger partial charge in [0.1, 0.15) is 11.5 Å². The van der Waals surface area contributed by atoms with Gasteiger partial charge < -0.3 is 19.7 Å². The average Bonchev–Trinajstić information content (AvgIpc) is 3.24. The van der Waals surface area contributed by atoms with E-state index >= 15 is 0 Å². The van der Waals surface area contributed by atoms with Gasteiger partial charge in [0.05, 0.1) is 5.56 Å². The Morgan fingerprint density at radius 1 is 0.795 bits per heavy atom. The number of rotatable bonds is 12. The Hall–Kier alpha value is -3.47. The molecule has 0 aromatic heterocycles. The highest BCUT2D eigenvalue weighted by atomic mass is 16.6. The predicted octanol–water partition coefficient (Wildman–Crippen LogP) is 8.57. The van der Waals surface area contributed by atoms with E-state index in [1.54, 1.807) is 0 Å². The Kier molecular flexibility index (Phi) is 8.15. The zero-order chi connectivity index (χ0) is 27.4. The number of hydrogen-bond donors (Lipinski definition) is 1. The molecule has 0 fully saturated rings. The van der Waals surface area contributed by atoms with Gasteiger partial charge in [-0.15, -0.1) is 0 Å². The number of carbonyl (C=O) groups is 1. The zero-order valence-corrected chi connectivity index (χ0v) is 23.9. The lowest BCUT2D eigenvalue weighted by molar-refractivity contribution is 0.0224. The van der Waals surface area contributed by atoms with Gasteiger partial charge in [-0.2, -0.15) is 0 Å². The summed E-state index contributed by atoms with van der Waals surface area (Å²) < 4.78 is 13.0. The molecule has 3 aromatic carbocycles. The van der Waals surface area contributed by atoms with Gasteiger partial charge >= 0.3 is 5.97 Å². The fourth-order valence-corrected chi connectivity index (χ4v) is 6.09. The van der Waals surface area contributed by atoms with Crippen molar-refractivity contribution in [3.8, 4) is 11.5 Å². The van der Waals surface area contributed by atoms with E-state index < -0.39 is 5.60 Å². The van der Waals surface area contributed by atoms with Gasteiger partial charge in [-0.1, -0.05) is 63.6 Å². The molecule has 3 aromatic rings. The molecular weight excluding hydrogens is 484 g/mol. The van der Waals surface area contributed by atoms with E-state index in [4.69, 9.17) is 9.47 Å². The maximum atomic E-state index is 13.2. The standard InChI is InChI=1S/C34H42N2O3/c1-5-8-9-10-11-12-15-20-35-30-23-29-31(21-24(30)4)38-32-22-25(36(6-2)7-3)18-19-28(32)34(29)27-17-14-13-16-26(27)33(37)39-34/h13-14,16-19,21-23,35H,5-12,15,20H2,1-4H3. The van der Waals surface area contributed by atoms with Crippen LogP contribution < -0.4 is 15.0 Å². The quantitative estimate of drug-likeness (QED) is 0.189. The summed E-state index contributed by atoms with van der Waals surface area (Å²) in [5.41, 5.74) is 5.46. The Bertz CT molecular complexity index is 1330. The van der Waals surface area contributed by atoms with Gasteiger partial charge in [-0.05, 0) is 63.1 Å². The number of esters is 1. The molecule has 1 spiro atoms. The predicted molar refractivity (Wildman–Crippen MR) is 159 cm³/mol. The largest absolute Gasteiger partial charge is 0.456 e. The van der Waals surface area contributed by atoms with Crippen molar-refractivity contribution in [2.45, 2.75) is 78.2 Å². The van der Waals surface area contributed by atoms with E-state index in [-0.39, 0.29) is 5.97 Å². The third-order valence-electron chi connectivity index (χ3n) is 8.27. The minimum absolute atomic E-state index is 0.296. The number of nitrogens with zero attached hydrogens (tertiary/aromatic N) is 1. The maximum absolute atomic E-state index is 13.2. The lowest BCUT2D eigenvalue weighted by atomic mass is 9.77. The maximum Gasteiger partial charge on any atom is 0.340 e. The first-order chi connectivity index (χ1) is 19.0. The summed E-state index contributed by atoms with van der Waals surface area (Å²) in [7, 11) is 0. The highest BCUT2D eigenvalue weighted by molar-refractivity contribution is 5.97. The number of nitrogens with one attached hydrogen (secondary N) is 1.